The second-order valence-electron chi connectivity index (χ2n) is 3.16. The molecule has 0 aromatic heterocycles. The zero-order valence-electron chi connectivity index (χ0n) is 8.18. The molecule has 0 unspecified atom stereocenters. The molecule has 0 amide bonds. The molecule has 0 aliphatic rings. The number of rotatable bonds is 4. The Kier molecular flexibility index (Phi) is 4.09. The summed E-state index contributed by atoms with van der Waals surface area (Å²) < 4.78 is 12.8. The lowest BCUT2D eigenvalue weighted by molar-refractivity contribution is 0.619. The van der Waals surface area contributed by atoms with Gasteiger partial charge in [0.1, 0.15) is 5.82 Å². The highest BCUT2D eigenvalue weighted by Gasteiger charge is 1.99. The van der Waals surface area contributed by atoms with Crippen LogP contribution in [-0.4, -0.2) is 6.54 Å². The Labute approximate surface area is 83.4 Å². The summed E-state index contributed by atoms with van der Waals surface area (Å²) >= 11 is 0. The van der Waals surface area contributed by atoms with E-state index in [-0.39, 0.29) is 5.82 Å². The van der Waals surface area contributed by atoms with Crippen LogP contribution >= 0.6 is 0 Å². The lowest BCUT2D eigenvalue weighted by Gasteiger charge is -2.06. The van der Waals surface area contributed by atoms with Crippen molar-refractivity contribution in [3.05, 3.63) is 35.1 Å². The molecule has 1 aromatic carbocycles. The van der Waals surface area contributed by atoms with Crippen LogP contribution < -0.4 is 5.32 Å². The third-order valence-electron chi connectivity index (χ3n) is 2.04. The Morgan fingerprint density at radius 2 is 2.29 bits per heavy atom. The van der Waals surface area contributed by atoms with Gasteiger partial charge in [-0.25, -0.2) is 4.39 Å². The number of nitriles is 1. The van der Waals surface area contributed by atoms with Gasteiger partial charge >= 0.3 is 0 Å². The van der Waals surface area contributed by atoms with Gasteiger partial charge in [0.15, 0.2) is 0 Å². The van der Waals surface area contributed by atoms with E-state index in [2.05, 4.69) is 5.32 Å². The topological polar surface area (TPSA) is 35.8 Å². The van der Waals surface area contributed by atoms with E-state index in [1.807, 2.05) is 13.0 Å². The average molecular weight is 192 g/mol. The Bertz CT molecular complexity index is 342. The molecule has 3 heteroatoms. The predicted octanol–water partition coefficient (Wildman–Crippen LogP) is 2.14. The quantitative estimate of drug-likeness (QED) is 0.742. The molecule has 0 saturated carbocycles. The second kappa shape index (κ2) is 5.36. The van der Waals surface area contributed by atoms with E-state index in [0.717, 1.165) is 11.1 Å². The molecule has 1 N–H and O–H groups in total. The summed E-state index contributed by atoms with van der Waals surface area (Å²) in [5.41, 5.74) is 2.01. The fourth-order valence-corrected chi connectivity index (χ4v) is 1.20. The van der Waals surface area contributed by atoms with E-state index < -0.39 is 0 Å². The third-order valence-corrected chi connectivity index (χ3v) is 2.04. The molecule has 0 aliphatic heterocycles. The molecule has 0 spiro atoms. The van der Waals surface area contributed by atoms with E-state index in [1.54, 1.807) is 6.07 Å². The van der Waals surface area contributed by atoms with Gasteiger partial charge in [-0.3, -0.25) is 0 Å². The lowest BCUT2D eigenvalue weighted by Crippen LogP contribution is -2.15. The first kappa shape index (κ1) is 10.7. The minimum atomic E-state index is -0.215. The zero-order valence-corrected chi connectivity index (χ0v) is 8.18. The predicted molar refractivity (Wildman–Crippen MR) is 53.1 cm³/mol. The van der Waals surface area contributed by atoms with Crippen molar-refractivity contribution in [1.82, 2.24) is 5.32 Å². The van der Waals surface area contributed by atoms with Crippen LogP contribution in [0.5, 0.6) is 0 Å². The van der Waals surface area contributed by atoms with Crippen LogP contribution in [-0.2, 0) is 6.54 Å². The second-order valence-corrected chi connectivity index (χ2v) is 3.16. The summed E-state index contributed by atoms with van der Waals surface area (Å²) in [5, 5.41) is 11.4. The fourth-order valence-electron chi connectivity index (χ4n) is 1.20. The fraction of sp³-hybridized carbons (Fsp3) is 0.364. The highest BCUT2D eigenvalue weighted by Crippen LogP contribution is 2.09. The maximum Gasteiger partial charge on any atom is 0.123 e. The van der Waals surface area contributed by atoms with Crippen LogP contribution in [0.1, 0.15) is 17.5 Å². The van der Waals surface area contributed by atoms with E-state index in [4.69, 9.17) is 5.26 Å². The van der Waals surface area contributed by atoms with Crippen LogP contribution in [0.2, 0.25) is 0 Å². The van der Waals surface area contributed by atoms with E-state index >= 15 is 0 Å². The standard InChI is InChI=1S/C11H13FN2/c1-9-3-4-11(12)7-10(9)8-14-6-2-5-13/h3-4,7,14H,2,6,8H2,1H3. The first-order valence-electron chi connectivity index (χ1n) is 4.56. The molecule has 0 saturated heterocycles. The lowest BCUT2D eigenvalue weighted by atomic mass is 10.1. The number of benzene rings is 1. The minimum absolute atomic E-state index is 0.215. The molecule has 0 heterocycles. The number of aryl methyl sites for hydroxylation is 1. The molecule has 0 bridgehead atoms. The van der Waals surface area contributed by atoms with E-state index in [0.29, 0.717) is 19.5 Å². The monoisotopic (exact) mass is 192 g/mol. The van der Waals surface area contributed by atoms with E-state index in [9.17, 15) is 4.39 Å². The number of nitrogens with zero attached hydrogens (tertiary/aromatic N) is 1. The largest absolute Gasteiger partial charge is 0.312 e. The van der Waals surface area contributed by atoms with Gasteiger partial charge in [-0.05, 0) is 30.2 Å². The van der Waals surface area contributed by atoms with Gasteiger partial charge in [-0.15, -0.1) is 0 Å². The Hall–Kier alpha value is -1.40. The van der Waals surface area contributed by atoms with Crippen molar-refractivity contribution in [3.63, 3.8) is 0 Å². The average Bonchev–Trinajstić information content (AvgIpc) is 2.18. The van der Waals surface area contributed by atoms with Gasteiger partial charge in [-0.2, -0.15) is 5.26 Å². The van der Waals surface area contributed by atoms with E-state index in [1.165, 1.54) is 12.1 Å². The van der Waals surface area contributed by atoms with Crippen molar-refractivity contribution in [1.29, 1.82) is 5.26 Å². The summed E-state index contributed by atoms with van der Waals surface area (Å²) in [4.78, 5) is 0. The molecule has 0 aliphatic carbocycles. The molecule has 2 nitrogen and oxygen atoms in total. The van der Waals surface area contributed by atoms with Crippen molar-refractivity contribution < 1.29 is 4.39 Å². The van der Waals surface area contributed by atoms with Gasteiger partial charge < -0.3 is 5.32 Å². The van der Waals surface area contributed by atoms with Gasteiger partial charge in [0.2, 0.25) is 0 Å². The normalized spacial score (nSPS) is 9.79. The molecular weight excluding hydrogens is 179 g/mol. The number of halogens is 1. The van der Waals surface area contributed by atoms with Gasteiger partial charge in [0.25, 0.3) is 0 Å². The maximum atomic E-state index is 12.8. The molecule has 1 rings (SSSR count). The van der Waals surface area contributed by atoms with Crippen LogP contribution in [0.4, 0.5) is 4.39 Å². The zero-order chi connectivity index (χ0) is 10.4. The number of nitrogens with one attached hydrogen (secondary N) is 1. The third kappa shape index (κ3) is 3.15. The smallest absolute Gasteiger partial charge is 0.123 e. The molecular formula is C11H13FN2. The van der Waals surface area contributed by atoms with Crippen molar-refractivity contribution >= 4 is 0 Å². The first-order valence-corrected chi connectivity index (χ1v) is 4.56. The molecule has 0 radical (unpaired) electrons. The molecule has 1 aromatic rings. The summed E-state index contributed by atoms with van der Waals surface area (Å²) in [6.07, 6.45) is 0.481. The Morgan fingerprint density at radius 3 is 3.00 bits per heavy atom. The molecule has 0 fully saturated rings. The summed E-state index contributed by atoms with van der Waals surface area (Å²) in [7, 11) is 0. The van der Waals surface area contributed by atoms with Crippen molar-refractivity contribution in [3.8, 4) is 6.07 Å². The number of hydrogen-bond donors (Lipinski definition) is 1. The van der Waals surface area contributed by atoms with Crippen molar-refractivity contribution in [2.75, 3.05) is 6.54 Å². The van der Waals surface area contributed by atoms with Crippen molar-refractivity contribution in [2.45, 2.75) is 19.9 Å². The summed E-state index contributed by atoms with van der Waals surface area (Å²) in [6.45, 7) is 3.21. The molecule has 14 heavy (non-hydrogen) atoms. The highest BCUT2D eigenvalue weighted by atomic mass is 19.1. The first-order chi connectivity index (χ1) is 6.74. The van der Waals surface area contributed by atoms with Crippen LogP contribution in [0.15, 0.2) is 18.2 Å². The highest BCUT2D eigenvalue weighted by molar-refractivity contribution is 5.26. The van der Waals surface area contributed by atoms with Crippen molar-refractivity contribution in [2.24, 2.45) is 0 Å². The van der Waals surface area contributed by atoms with Gasteiger partial charge in [0, 0.05) is 19.5 Å². The Balaban J connectivity index is 2.50. The molecule has 0 atom stereocenters. The van der Waals surface area contributed by atoms with Crippen LogP contribution in [0, 0.1) is 24.1 Å². The molecule has 74 valence electrons. The van der Waals surface area contributed by atoms with Crippen LogP contribution in [0.25, 0.3) is 0 Å². The maximum absolute atomic E-state index is 12.8. The summed E-state index contributed by atoms with van der Waals surface area (Å²) in [6, 6.07) is 6.78. The van der Waals surface area contributed by atoms with Gasteiger partial charge in [0.05, 0.1) is 6.07 Å². The number of hydrogen-bond acceptors (Lipinski definition) is 2. The van der Waals surface area contributed by atoms with Crippen LogP contribution in [0.3, 0.4) is 0 Å². The van der Waals surface area contributed by atoms with Gasteiger partial charge in [-0.1, -0.05) is 6.07 Å². The summed E-state index contributed by atoms with van der Waals surface area (Å²) in [5.74, 6) is -0.215. The Morgan fingerprint density at radius 1 is 1.50 bits per heavy atom. The SMILES string of the molecule is Cc1ccc(F)cc1CNCCC#N. The minimum Gasteiger partial charge on any atom is -0.312 e.